The van der Waals surface area contributed by atoms with Gasteiger partial charge in [-0.1, -0.05) is 12.7 Å². The Morgan fingerprint density at radius 3 is 2.61 bits per heavy atom. The summed E-state index contributed by atoms with van der Waals surface area (Å²) in [7, 11) is 0. The molecule has 1 atom stereocenters. The van der Waals surface area contributed by atoms with Gasteiger partial charge < -0.3 is 14.5 Å². The lowest BCUT2D eigenvalue weighted by Gasteiger charge is -2.19. The molecule has 1 heterocycles. The van der Waals surface area contributed by atoms with Gasteiger partial charge in [-0.05, 0) is 81.4 Å². The number of amides is 1. The van der Waals surface area contributed by atoms with E-state index in [9.17, 15) is 13.6 Å². The Hall–Kier alpha value is -3.22. The lowest BCUT2D eigenvalue weighted by atomic mass is 9.90. The fourth-order valence-electron chi connectivity index (χ4n) is 3.50. The first kappa shape index (κ1) is 22.5. The standard InChI is InChI=1S/C24H26F2N2O3/c1-5-16-9-7-8-10-18(16)22(6-2)31-24-28-21(13-30-24)23(29)27-15(4)17-11-19(25)14(3)20(26)12-17/h5-6,11-13,15H,1,7-10H2,2-4H3,(H,27,29). The van der Waals surface area contributed by atoms with Crippen LogP contribution >= 0.6 is 0 Å². The van der Waals surface area contributed by atoms with Gasteiger partial charge in [-0.15, -0.1) is 0 Å². The lowest BCUT2D eigenvalue weighted by Crippen LogP contribution is -2.27. The molecule has 5 nitrogen and oxygen atoms in total. The number of hydrogen-bond donors (Lipinski definition) is 1. The first-order chi connectivity index (χ1) is 14.8. The van der Waals surface area contributed by atoms with Crippen molar-refractivity contribution < 1.29 is 22.7 Å². The van der Waals surface area contributed by atoms with Crippen molar-refractivity contribution in [3.05, 3.63) is 82.5 Å². The van der Waals surface area contributed by atoms with Gasteiger partial charge in [0.1, 0.15) is 23.7 Å². The molecule has 1 aliphatic carbocycles. The van der Waals surface area contributed by atoms with Crippen LogP contribution in [0.5, 0.6) is 6.08 Å². The van der Waals surface area contributed by atoms with Crippen molar-refractivity contribution in [2.24, 2.45) is 0 Å². The Morgan fingerprint density at radius 1 is 1.29 bits per heavy atom. The molecule has 1 N–H and O–H groups in total. The number of nitrogens with one attached hydrogen (secondary N) is 1. The normalized spacial score (nSPS) is 15.6. The molecule has 1 aromatic carbocycles. The number of allylic oxidation sites excluding steroid dienone is 4. The van der Waals surface area contributed by atoms with E-state index in [2.05, 4.69) is 16.9 Å². The molecule has 0 bridgehead atoms. The molecule has 31 heavy (non-hydrogen) atoms. The number of benzene rings is 1. The third-order valence-electron chi connectivity index (χ3n) is 5.38. The molecule has 2 aromatic rings. The van der Waals surface area contributed by atoms with Gasteiger partial charge in [-0.25, -0.2) is 8.78 Å². The van der Waals surface area contributed by atoms with Crippen molar-refractivity contribution in [2.45, 2.75) is 52.5 Å². The number of aromatic nitrogens is 1. The Morgan fingerprint density at radius 2 is 1.97 bits per heavy atom. The zero-order valence-electron chi connectivity index (χ0n) is 17.9. The van der Waals surface area contributed by atoms with Crippen LogP contribution in [0.4, 0.5) is 8.78 Å². The molecule has 0 saturated heterocycles. The summed E-state index contributed by atoms with van der Waals surface area (Å²) in [5.74, 6) is -1.24. The van der Waals surface area contributed by atoms with Crippen LogP contribution in [0.15, 0.2) is 58.4 Å². The second kappa shape index (κ2) is 9.73. The zero-order valence-corrected chi connectivity index (χ0v) is 17.9. The van der Waals surface area contributed by atoms with Gasteiger partial charge in [-0.2, -0.15) is 4.98 Å². The third-order valence-corrected chi connectivity index (χ3v) is 5.38. The van der Waals surface area contributed by atoms with E-state index >= 15 is 0 Å². The molecule has 0 spiro atoms. The summed E-state index contributed by atoms with van der Waals surface area (Å²) < 4.78 is 38.7. The quantitative estimate of drug-likeness (QED) is 0.542. The van der Waals surface area contributed by atoms with E-state index in [0.717, 1.165) is 36.8 Å². The maximum atomic E-state index is 13.8. The van der Waals surface area contributed by atoms with Gasteiger partial charge in [0.05, 0.1) is 6.04 Å². The van der Waals surface area contributed by atoms with Crippen molar-refractivity contribution in [3.63, 3.8) is 0 Å². The molecule has 1 aliphatic rings. The van der Waals surface area contributed by atoms with E-state index in [4.69, 9.17) is 9.15 Å². The molecule has 1 aromatic heterocycles. The van der Waals surface area contributed by atoms with E-state index in [1.165, 1.54) is 25.3 Å². The van der Waals surface area contributed by atoms with E-state index < -0.39 is 23.6 Å². The van der Waals surface area contributed by atoms with Gasteiger partial charge in [0.25, 0.3) is 5.91 Å². The van der Waals surface area contributed by atoms with Gasteiger partial charge in [-0.3, -0.25) is 4.79 Å². The highest BCUT2D eigenvalue weighted by molar-refractivity contribution is 5.92. The topological polar surface area (TPSA) is 64.4 Å². The number of hydrogen-bond acceptors (Lipinski definition) is 4. The Labute approximate surface area is 180 Å². The molecule has 0 saturated carbocycles. The van der Waals surface area contributed by atoms with Crippen molar-refractivity contribution in [3.8, 4) is 6.08 Å². The highest BCUT2D eigenvalue weighted by Crippen LogP contribution is 2.31. The highest BCUT2D eigenvalue weighted by atomic mass is 19.1. The fourth-order valence-corrected chi connectivity index (χ4v) is 3.50. The van der Waals surface area contributed by atoms with Crippen LogP contribution in [0, 0.1) is 18.6 Å². The predicted octanol–water partition coefficient (Wildman–Crippen LogP) is 6.09. The summed E-state index contributed by atoms with van der Waals surface area (Å²) in [4.78, 5) is 16.6. The summed E-state index contributed by atoms with van der Waals surface area (Å²) in [6, 6.07) is 1.77. The predicted molar refractivity (Wildman–Crippen MR) is 114 cm³/mol. The number of rotatable bonds is 7. The van der Waals surface area contributed by atoms with Crippen LogP contribution in [0.3, 0.4) is 0 Å². The molecular weight excluding hydrogens is 402 g/mol. The summed E-state index contributed by atoms with van der Waals surface area (Å²) in [5, 5.41) is 2.66. The van der Waals surface area contributed by atoms with Gasteiger partial charge >= 0.3 is 6.08 Å². The molecule has 0 fully saturated rings. The van der Waals surface area contributed by atoms with Crippen molar-refractivity contribution in [1.82, 2.24) is 10.3 Å². The van der Waals surface area contributed by atoms with Gasteiger partial charge in [0.2, 0.25) is 0 Å². The van der Waals surface area contributed by atoms with E-state index in [0.29, 0.717) is 11.3 Å². The monoisotopic (exact) mass is 428 g/mol. The maximum absolute atomic E-state index is 13.8. The second-order valence-electron chi connectivity index (χ2n) is 7.47. The summed E-state index contributed by atoms with van der Waals surface area (Å²) >= 11 is 0. The Balaban J connectivity index is 1.70. The third kappa shape index (κ3) is 5.10. The minimum Gasteiger partial charge on any atom is -0.416 e. The van der Waals surface area contributed by atoms with Gasteiger partial charge in [0, 0.05) is 5.56 Å². The smallest absolute Gasteiger partial charge is 0.399 e. The minimum absolute atomic E-state index is 0.00641. The van der Waals surface area contributed by atoms with E-state index in [1.807, 2.05) is 19.1 Å². The second-order valence-corrected chi connectivity index (χ2v) is 7.47. The summed E-state index contributed by atoms with van der Waals surface area (Å²) in [5.41, 5.74) is 2.45. The number of nitrogens with zero attached hydrogens (tertiary/aromatic N) is 1. The molecule has 164 valence electrons. The Bertz CT molecular complexity index is 1030. The molecule has 0 radical (unpaired) electrons. The van der Waals surface area contributed by atoms with Crippen LogP contribution in [0.1, 0.15) is 67.2 Å². The fraction of sp³-hybridized carbons (Fsp3) is 0.333. The molecule has 3 rings (SSSR count). The van der Waals surface area contributed by atoms with Crippen molar-refractivity contribution in [1.29, 1.82) is 0 Å². The molecule has 7 heteroatoms. The minimum atomic E-state index is -0.664. The first-order valence-corrected chi connectivity index (χ1v) is 10.2. The van der Waals surface area contributed by atoms with E-state index in [1.54, 1.807) is 6.92 Å². The lowest BCUT2D eigenvalue weighted by molar-refractivity contribution is 0.0934. The molecule has 1 unspecified atom stereocenters. The maximum Gasteiger partial charge on any atom is 0.399 e. The summed E-state index contributed by atoms with van der Waals surface area (Å²) in [6.45, 7) is 8.72. The van der Waals surface area contributed by atoms with Crippen LogP contribution in [-0.4, -0.2) is 10.9 Å². The van der Waals surface area contributed by atoms with Crippen LogP contribution in [-0.2, 0) is 0 Å². The zero-order chi connectivity index (χ0) is 22.5. The Kier molecular flexibility index (Phi) is 7.05. The first-order valence-electron chi connectivity index (χ1n) is 10.2. The number of oxazole rings is 1. The average Bonchev–Trinajstić information content (AvgIpc) is 3.24. The largest absolute Gasteiger partial charge is 0.416 e. The average molecular weight is 428 g/mol. The molecule has 0 aliphatic heterocycles. The van der Waals surface area contributed by atoms with Crippen LogP contribution in [0.2, 0.25) is 0 Å². The van der Waals surface area contributed by atoms with E-state index in [-0.39, 0.29) is 17.3 Å². The van der Waals surface area contributed by atoms with Crippen molar-refractivity contribution in [2.75, 3.05) is 0 Å². The molecule has 1 amide bonds. The number of ether oxygens (including phenoxy) is 1. The van der Waals surface area contributed by atoms with Gasteiger partial charge in [0.15, 0.2) is 5.69 Å². The highest BCUT2D eigenvalue weighted by Gasteiger charge is 2.21. The summed E-state index contributed by atoms with van der Waals surface area (Å²) in [6.07, 6.45) is 8.78. The number of halogens is 2. The number of carbonyl (C=O) groups is 1. The van der Waals surface area contributed by atoms with Crippen LogP contribution in [0.25, 0.3) is 0 Å². The van der Waals surface area contributed by atoms with Crippen LogP contribution < -0.4 is 10.1 Å². The number of carbonyl (C=O) groups excluding carboxylic acids is 1. The SMILES string of the molecule is C=CC1=C(C(=CC)Oc2nc(C(=O)NC(C)c3cc(F)c(C)c(F)c3)co2)CCCC1. The van der Waals surface area contributed by atoms with Crippen molar-refractivity contribution >= 4 is 5.91 Å². The molecular formula is C24H26F2N2O3.